The van der Waals surface area contributed by atoms with Gasteiger partial charge in [-0.2, -0.15) is 13.2 Å². The summed E-state index contributed by atoms with van der Waals surface area (Å²) in [7, 11) is 0. The summed E-state index contributed by atoms with van der Waals surface area (Å²) < 4.78 is 40.6. The number of alkyl halides is 3. The molecular formula is C27H26F3NO4S2. The van der Waals surface area contributed by atoms with Crippen molar-refractivity contribution in [3.8, 4) is 11.3 Å². The van der Waals surface area contributed by atoms with Gasteiger partial charge in [0.15, 0.2) is 0 Å². The van der Waals surface area contributed by atoms with Gasteiger partial charge in [-0.3, -0.25) is 14.6 Å². The number of carbonyl (C=O) groups is 2. The monoisotopic (exact) mass is 549 g/mol. The van der Waals surface area contributed by atoms with Crippen LogP contribution in [0.3, 0.4) is 0 Å². The third-order valence-electron chi connectivity index (χ3n) is 5.37. The van der Waals surface area contributed by atoms with Crippen LogP contribution in [0.25, 0.3) is 11.3 Å². The van der Waals surface area contributed by atoms with Gasteiger partial charge in [0, 0.05) is 22.8 Å². The lowest BCUT2D eigenvalue weighted by Gasteiger charge is -2.17. The van der Waals surface area contributed by atoms with Crippen LogP contribution in [0.15, 0.2) is 66.7 Å². The van der Waals surface area contributed by atoms with Crippen molar-refractivity contribution in [2.45, 2.75) is 36.4 Å². The zero-order valence-corrected chi connectivity index (χ0v) is 21.4. The highest BCUT2D eigenvalue weighted by Gasteiger charge is 2.34. The van der Waals surface area contributed by atoms with Gasteiger partial charge in [-0.1, -0.05) is 54.6 Å². The van der Waals surface area contributed by atoms with Crippen molar-refractivity contribution in [2.75, 3.05) is 11.5 Å². The van der Waals surface area contributed by atoms with E-state index in [1.807, 2.05) is 24.3 Å². The number of benzene rings is 2. The first kappa shape index (κ1) is 28.6. The van der Waals surface area contributed by atoms with Gasteiger partial charge in [0.05, 0.1) is 28.7 Å². The molecule has 2 N–H and O–H groups in total. The van der Waals surface area contributed by atoms with Gasteiger partial charge < -0.3 is 10.2 Å². The van der Waals surface area contributed by atoms with Crippen LogP contribution < -0.4 is 0 Å². The molecule has 0 saturated carbocycles. The molecule has 3 aromatic rings. The van der Waals surface area contributed by atoms with E-state index in [9.17, 15) is 22.8 Å². The topological polar surface area (TPSA) is 87.5 Å². The fourth-order valence-electron chi connectivity index (χ4n) is 3.60. The zero-order valence-electron chi connectivity index (χ0n) is 19.8. The van der Waals surface area contributed by atoms with E-state index in [4.69, 9.17) is 10.2 Å². The van der Waals surface area contributed by atoms with Crippen LogP contribution >= 0.6 is 23.5 Å². The summed E-state index contributed by atoms with van der Waals surface area (Å²) in [5.74, 6) is -1.01. The fourth-order valence-corrected chi connectivity index (χ4v) is 6.25. The summed E-state index contributed by atoms with van der Waals surface area (Å²) in [4.78, 5) is 26.2. The van der Waals surface area contributed by atoms with Crippen molar-refractivity contribution in [1.29, 1.82) is 0 Å². The minimum atomic E-state index is -4.52. The van der Waals surface area contributed by atoms with E-state index in [1.165, 1.54) is 29.6 Å². The average Bonchev–Trinajstić information content (AvgIpc) is 2.86. The van der Waals surface area contributed by atoms with E-state index in [2.05, 4.69) is 4.98 Å². The van der Waals surface area contributed by atoms with E-state index in [1.54, 1.807) is 30.3 Å². The van der Waals surface area contributed by atoms with Gasteiger partial charge >= 0.3 is 18.1 Å². The second-order valence-corrected chi connectivity index (χ2v) is 10.9. The van der Waals surface area contributed by atoms with Crippen LogP contribution in [0.1, 0.15) is 39.8 Å². The first-order valence-electron chi connectivity index (χ1n) is 11.5. The van der Waals surface area contributed by atoms with Crippen molar-refractivity contribution in [3.63, 3.8) is 0 Å². The third kappa shape index (κ3) is 9.12. The maximum absolute atomic E-state index is 13.6. The molecule has 0 unspecified atom stereocenters. The number of carboxylic acid groups (broad SMARTS) is 2. The second kappa shape index (κ2) is 13.5. The number of nitrogens with zero attached hydrogens (tertiary/aromatic N) is 1. The van der Waals surface area contributed by atoms with E-state index in [0.29, 0.717) is 35.6 Å². The average molecular weight is 550 g/mol. The lowest BCUT2D eigenvalue weighted by atomic mass is 10.0. The highest BCUT2D eigenvalue weighted by Crippen LogP contribution is 2.40. The molecule has 0 aliphatic heterocycles. The Morgan fingerprint density at radius 2 is 1.49 bits per heavy atom. The highest BCUT2D eigenvalue weighted by atomic mass is 32.2. The lowest BCUT2D eigenvalue weighted by Crippen LogP contribution is -2.10. The molecule has 196 valence electrons. The Balaban J connectivity index is 1.76. The normalized spacial score (nSPS) is 11.6. The standard InChI is InChI=1S/C27H26F3NO4S2/c28-27(29,30)22-12-11-21(31-25(22)19-6-2-1-3-7-19)10-9-18-5-4-8-20(17-18)26(36-15-13-23(32)33)37-16-14-24(34)35/h1-8,11-12,17,26H,9-10,13-16H2,(H,32,33)(H,34,35). The minimum absolute atomic E-state index is 0.00366. The first-order chi connectivity index (χ1) is 17.6. The number of thioether (sulfide) groups is 2. The first-order valence-corrected chi connectivity index (χ1v) is 13.6. The zero-order chi connectivity index (χ0) is 26.8. The van der Waals surface area contributed by atoms with Crippen LogP contribution in [0.2, 0.25) is 0 Å². The Morgan fingerprint density at radius 1 is 0.838 bits per heavy atom. The quantitative estimate of drug-likeness (QED) is 0.223. The van der Waals surface area contributed by atoms with Crippen LogP contribution in [0.4, 0.5) is 13.2 Å². The summed E-state index contributed by atoms with van der Waals surface area (Å²) in [5.41, 5.74) is 1.98. The molecular weight excluding hydrogens is 523 g/mol. The number of hydrogen-bond donors (Lipinski definition) is 2. The van der Waals surface area contributed by atoms with E-state index >= 15 is 0 Å². The third-order valence-corrected chi connectivity index (χ3v) is 8.21. The number of hydrogen-bond acceptors (Lipinski definition) is 5. The Labute approximate surface area is 221 Å². The van der Waals surface area contributed by atoms with Crippen LogP contribution in [-0.2, 0) is 28.6 Å². The maximum Gasteiger partial charge on any atom is 0.418 e. The van der Waals surface area contributed by atoms with Crippen LogP contribution in [0, 0.1) is 0 Å². The predicted molar refractivity (Wildman–Crippen MR) is 141 cm³/mol. The summed E-state index contributed by atoms with van der Waals surface area (Å²) in [6.45, 7) is 0. The number of halogens is 3. The second-order valence-electron chi connectivity index (χ2n) is 8.17. The van der Waals surface area contributed by atoms with E-state index in [0.717, 1.165) is 17.2 Å². The highest BCUT2D eigenvalue weighted by molar-refractivity contribution is 8.16. The molecule has 3 rings (SSSR count). The summed E-state index contributed by atoms with van der Waals surface area (Å²) in [6.07, 6.45) is -3.53. The Morgan fingerprint density at radius 3 is 2.08 bits per heavy atom. The van der Waals surface area contributed by atoms with Crippen molar-refractivity contribution >= 4 is 35.5 Å². The molecule has 37 heavy (non-hydrogen) atoms. The molecule has 0 aliphatic carbocycles. The van der Waals surface area contributed by atoms with Crippen molar-refractivity contribution in [2.24, 2.45) is 0 Å². The molecule has 1 heterocycles. The van der Waals surface area contributed by atoms with Crippen LogP contribution in [0.5, 0.6) is 0 Å². The van der Waals surface area contributed by atoms with Gasteiger partial charge in [-0.25, -0.2) is 0 Å². The molecule has 0 amide bonds. The van der Waals surface area contributed by atoms with Crippen LogP contribution in [-0.4, -0.2) is 38.6 Å². The molecule has 0 bridgehead atoms. The van der Waals surface area contributed by atoms with Gasteiger partial charge in [0.25, 0.3) is 0 Å². The summed E-state index contributed by atoms with van der Waals surface area (Å²) in [5, 5.41) is 17.9. The number of aliphatic carboxylic acids is 2. The minimum Gasteiger partial charge on any atom is -0.481 e. The SMILES string of the molecule is O=C(O)CCSC(SCCC(=O)O)c1cccc(CCc2ccc(C(F)(F)F)c(-c3ccccc3)n2)c1. The lowest BCUT2D eigenvalue weighted by molar-refractivity contribution is -0.138. The predicted octanol–water partition coefficient (Wildman–Crippen LogP) is 6.97. The smallest absolute Gasteiger partial charge is 0.418 e. The Bertz CT molecular complexity index is 1190. The molecule has 0 radical (unpaired) electrons. The van der Waals surface area contributed by atoms with Gasteiger partial charge in [0.2, 0.25) is 0 Å². The number of rotatable bonds is 13. The van der Waals surface area contributed by atoms with E-state index < -0.39 is 23.7 Å². The summed E-state index contributed by atoms with van der Waals surface area (Å²) in [6, 6.07) is 18.5. The molecule has 0 aliphatic rings. The molecule has 10 heteroatoms. The molecule has 0 fully saturated rings. The van der Waals surface area contributed by atoms with Crippen molar-refractivity contribution < 1.29 is 33.0 Å². The molecule has 0 atom stereocenters. The molecule has 1 aromatic heterocycles. The van der Waals surface area contributed by atoms with Crippen molar-refractivity contribution in [1.82, 2.24) is 4.98 Å². The maximum atomic E-state index is 13.6. The largest absolute Gasteiger partial charge is 0.481 e. The van der Waals surface area contributed by atoms with Gasteiger partial charge in [-0.05, 0) is 36.1 Å². The number of aryl methyl sites for hydroxylation is 2. The number of carboxylic acids is 2. The molecule has 0 saturated heterocycles. The Hall–Kier alpha value is -2.98. The Kier molecular flexibility index (Phi) is 10.5. The number of pyridine rings is 1. The number of aromatic nitrogens is 1. The molecule has 5 nitrogen and oxygen atoms in total. The van der Waals surface area contributed by atoms with Gasteiger partial charge in [-0.15, -0.1) is 23.5 Å². The van der Waals surface area contributed by atoms with Gasteiger partial charge in [0.1, 0.15) is 0 Å². The van der Waals surface area contributed by atoms with E-state index in [-0.39, 0.29) is 23.1 Å². The molecule has 2 aromatic carbocycles. The summed E-state index contributed by atoms with van der Waals surface area (Å²) >= 11 is 2.90. The van der Waals surface area contributed by atoms with Crippen molar-refractivity contribution in [3.05, 3.63) is 89.1 Å². The molecule has 0 spiro atoms. The fraction of sp³-hybridized carbons (Fsp3) is 0.296.